The molecule has 1 aliphatic carbocycles. The molecule has 0 radical (unpaired) electrons. The molecule has 0 saturated heterocycles. The van der Waals surface area contributed by atoms with E-state index in [2.05, 4.69) is 0 Å². The number of hydrogen-bond donors (Lipinski definition) is 1. The van der Waals surface area contributed by atoms with Gasteiger partial charge in [0, 0.05) is 0 Å². The number of alkyl halides is 4. The van der Waals surface area contributed by atoms with Crippen molar-refractivity contribution in [1.82, 2.24) is 0 Å². The van der Waals surface area contributed by atoms with Crippen molar-refractivity contribution >= 4 is 46.4 Å². The van der Waals surface area contributed by atoms with E-state index >= 15 is 0 Å². The lowest BCUT2D eigenvalue weighted by Gasteiger charge is -2.38. The summed E-state index contributed by atoms with van der Waals surface area (Å²) in [6.07, 6.45) is 0.712. The highest BCUT2D eigenvalue weighted by molar-refractivity contribution is 6.53. The SMILES string of the molecule is OC1C(Cl)(Cl)CCCC1(Cl)Cl. The molecular weight excluding hydrogens is 230 g/mol. The fraction of sp³-hybridized carbons (Fsp3) is 1.00. The lowest BCUT2D eigenvalue weighted by atomic mass is 9.95. The summed E-state index contributed by atoms with van der Waals surface area (Å²) in [6, 6.07) is 0. The molecule has 0 unspecified atom stereocenters. The summed E-state index contributed by atoms with van der Waals surface area (Å²) < 4.78 is -2.39. The summed E-state index contributed by atoms with van der Waals surface area (Å²) in [7, 11) is 0. The summed E-state index contributed by atoms with van der Waals surface area (Å²) in [5.74, 6) is 0. The molecular formula is C6H8Cl4O. The van der Waals surface area contributed by atoms with Gasteiger partial charge < -0.3 is 5.11 Å². The molecule has 0 amide bonds. The van der Waals surface area contributed by atoms with Gasteiger partial charge in [-0.25, -0.2) is 0 Å². The Labute approximate surface area is 85.6 Å². The molecule has 11 heavy (non-hydrogen) atoms. The van der Waals surface area contributed by atoms with E-state index in [1.54, 1.807) is 0 Å². The highest BCUT2D eigenvalue weighted by atomic mass is 35.5. The molecule has 0 spiro atoms. The van der Waals surface area contributed by atoms with Crippen molar-refractivity contribution in [1.29, 1.82) is 0 Å². The highest BCUT2D eigenvalue weighted by Crippen LogP contribution is 2.47. The average molecular weight is 238 g/mol. The average Bonchev–Trinajstić information content (AvgIpc) is 1.82. The molecule has 0 atom stereocenters. The largest absolute Gasteiger partial charge is 0.387 e. The second-order valence-electron chi connectivity index (χ2n) is 2.78. The van der Waals surface area contributed by atoms with Gasteiger partial charge in [0.05, 0.1) is 0 Å². The zero-order chi connectivity index (χ0) is 8.70. The third-order valence-electron chi connectivity index (χ3n) is 1.82. The molecule has 0 bridgehead atoms. The van der Waals surface area contributed by atoms with Crippen LogP contribution in [0, 0.1) is 0 Å². The van der Waals surface area contributed by atoms with E-state index in [4.69, 9.17) is 46.4 Å². The van der Waals surface area contributed by atoms with Crippen LogP contribution in [0.15, 0.2) is 0 Å². The van der Waals surface area contributed by atoms with Crippen molar-refractivity contribution in [2.45, 2.75) is 34.0 Å². The first-order valence-electron chi connectivity index (χ1n) is 3.30. The Bertz CT molecular complexity index is 141. The lowest BCUT2D eigenvalue weighted by Crippen LogP contribution is -2.48. The summed E-state index contributed by atoms with van der Waals surface area (Å²) in [5, 5.41) is 9.44. The van der Waals surface area contributed by atoms with Gasteiger partial charge in [0.25, 0.3) is 0 Å². The predicted octanol–water partition coefficient (Wildman–Crippen LogP) is 2.88. The molecule has 1 N–H and O–H groups in total. The van der Waals surface area contributed by atoms with Gasteiger partial charge in [-0.05, 0) is 19.3 Å². The van der Waals surface area contributed by atoms with E-state index in [-0.39, 0.29) is 0 Å². The van der Waals surface area contributed by atoms with Gasteiger partial charge in [-0.15, -0.1) is 0 Å². The van der Waals surface area contributed by atoms with Gasteiger partial charge in [0.2, 0.25) is 0 Å². The van der Waals surface area contributed by atoms with Crippen LogP contribution in [-0.4, -0.2) is 19.9 Å². The second-order valence-corrected chi connectivity index (χ2v) is 5.86. The number of aliphatic hydroxyl groups is 1. The van der Waals surface area contributed by atoms with Crippen LogP contribution < -0.4 is 0 Å². The highest BCUT2D eigenvalue weighted by Gasteiger charge is 2.50. The first kappa shape index (κ1) is 10.2. The molecule has 5 heteroatoms. The van der Waals surface area contributed by atoms with E-state index < -0.39 is 14.8 Å². The first-order valence-corrected chi connectivity index (χ1v) is 4.81. The Morgan fingerprint density at radius 2 is 1.36 bits per heavy atom. The Morgan fingerprint density at radius 1 is 1.00 bits per heavy atom. The van der Waals surface area contributed by atoms with Crippen LogP contribution >= 0.6 is 46.4 Å². The number of aliphatic hydroxyl groups excluding tert-OH is 1. The fourth-order valence-corrected chi connectivity index (χ4v) is 2.65. The first-order chi connectivity index (χ1) is 4.86. The summed E-state index contributed by atoms with van der Waals surface area (Å²) in [4.78, 5) is 0. The topological polar surface area (TPSA) is 20.2 Å². The standard InChI is InChI=1S/C6H8Cl4O/c7-5(8)2-1-3-6(9,10)4(5)11/h4,11H,1-3H2. The molecule has 0 heterocycles. The van der Waals surface area contributed by atoms with E-state index in [1.165, 1.54) is 0 Å². The minimum absolute atomic E-state index is 0.526. The minimum Gasteiger partial charge on any atom is -0.387 e. The zero-order valence-corrected chi connectivity index (χ0v) is 8.68. The quantitative estimate of drug-likeness (QED) is 0.643. The smallest absolute Gasteiger partial charge is 0.146 e. The Balaban J connectivity index is 2.76. The van der Waals surface area contributed by atoms with Crippen molar-refractivity contribution < 1.29 is 5.11 Å². The van der Waals surface area contributed by atoms with Crippen molar-refractivity contribution in [2.75, 3.05) is 0 Å². The van der Waals surface area contributed by atoms with Crippen LogP contribution in [0.5, 0.6) is 0 Å². The van der Waals surface area contributed by atoms with E-state index in [0.717, 1.165) is 6.42 Å². The van der Waals surface area contributed by atoms with Crippen molar-refractivity contribution in [3.8, 4) is 0 Å². The van der Waals surface area contributed by atoms with Crippen LogP contribution in [0.3, 0.4) is 0 Å². The van der Waals surface area contributed by atoms with Crippen molar-refractivity contribution in [3.63, 3.8) is 0 Å². The number of halogens is 4. The molecule has 1 saturated carbocycles. The van der Waals surface area contributed by atoms with Crippen LogP contribution in [0.4, 0.5) is 0 Å². The van der Waals surface area contributed by atoms with Crippen LogP contribution in [0.25, 0.3) is 0 Å². The maximum Gasteiger partial charge on any atom is 0.146 e. The fourth-order valence-electron chi connectivity index (χ4n) is 1.14. The summed E-state index contributed by atoms with van der Waals surface area (Å²) in [5.41, 5.74) is 0. The Kier molecular flexibility index (Phi) is 2.89. The van der Waals surface area contributed by atoms with Crippen LogP contribution in [0.1, 0.15) is 19.3 Å². The molecule has 1 aliphatic rings. The monoisotopic (exact) mass is 236 g/mol. The number of rotatable bonds is 0. The summed E-state index contributed by atoms with van der Waals surface area (Å²) >= 11 is 23.0. The second kappa shape index (κ2) is 3.12. The van der Waals surface area contributed by atoms with Gasteiger partial charge in [-0.2, -0.15) is 0 Å². The molecule has 66 valence electrons. The van der Waals surface area contributed by atoms with Gasteiger partial charge in [0.15, 0.2) is 0 Å². The molecule has 1 nitrogen and oxygen atoms in total. The molecule has 0 aromatic rings. The van der Waals surface area contributed by atoms with Crippen molar-refractivity contribution in [3.05, 3.63) is 0 Å². The third kappa shape index (κ3) is 2.07. The lowest BCUT2D eigenvalue weighted by molar-refractivity contribution is 0.109. The van der Waals surface area contributed by atoms with Crippen LogP contribution in [0.2, 0.25) is 0 Å². The molecule has 1 rings (SSSR count). The van der Waals surface area contributed by atoms with Gasteiger partial charge in [-0.1, -0.05) is 46.4 Å². The Morgan fingerprint density at radius 3 is 1.64 bits per heavy atom. The summed E-state index contributed by atoms with van der Waals surface area (Å²) in [6.45, 7) is 0. The third-order valence-corrected chi connectivity index (χ3v) is 3.40. The molecule has 0 aliphatic heterocycles. The van der Waals surface area contributed by atoms with E-state index in [1.807, 2.05) is 0 Å². The normalized spacial score (nSPS) is 30.3. The molecule has 1 fully saturated rings. The van der Waals surface area contributed by atoms with E-state index in [0.29, 0.717) is 12.8 Å². The predicted molar refractivity (Wildman–Crippen MR) is 48.7 cm³/mol. The van der Waals surface area contributed by atoms with Crippen molar-refractivity contribution in [2.24, 2.45) is 0 Å². The minimum atomic E-state index is -1.19. The van der Waals surface area contributed by atoms with Gasteiger partial charge >= 0.3 is 0 Å². The molecule has 0 aromatic heterocycles. The van der Waals surface area contributed by atoms with Gasteiger partial charge in [0.1, 0.15) is 14.8 Å². The molecule has 0 aromatic carbocycles. The van der Waals surface area contributed by atoms with Gasteiger partial charge in [-0.3, -0.25) is 0 Å². The maximum atomic E-state index is 9.44. The zero-order valence-electron chi connectivity index (χ0n) is 5.66. The maximum absolute atomic E-state index is 9.44. The van der Waals surface area contributed by atoms with E-state index in [9.17, 15) is 5.11 Å². The number of hydrogen-bond acceptors (Lipinski definition) is 1. The Hall–Kier alpha value is 1.12. The van der Waals surface area contributed by atoms with Crippen LogP contribution in [-0.2, 0) is 0 Å².